The Morgan fingerprint density at radius 1 is 0.941 bits per heavy atom. The first-order chi connectivity index (χ1) is 16.5. The van der Waals surface area contributed by atoms with Crippen LogP contribution >= 0.6 is 0 Å². The third kappa shape index (κ3) is 3.75. The maximum absolute atomic E-state index is 14.0. The lowest BCUT2D eigenvalue weighted by molar-refractivity contribution is -0.153. The zero-order valence-corrected chi connectivity index (χ0v) is 19.6. The number of benzene rings is 3. The molecule has 0 saturated heterocycles. The van der Waals surface area contributed by atoms with E-state index in [0.717, 1.165) is 33.3 Å². The first-order valence-corrected chi connectivity index (χ1v) is 11.5. The minimum Gasteiger partial charge on any atom is -0.465 e. The summed E-state index contributed by atoms with van der Waals surface area (Å²) in [7, 11) is 0. The molecule has 0 fully saturated rings. The Morgan fingerprint density at radius 2 is 1.59 bits per heavy atom. The third-order valence-electron chi connectivity index (χ3n) is 6.37. The zero-order valence-electron chi connectivity index (χ0n) is 19.6. The molecule has 34 heavy (non-hydrogen) atoms. The topological polar surface area (TPSA) is 64.4 Å². The van der Waals surface area contributed by atoms with Gasteiger partial charge in [0.25, 0.3) is 0 Å². The summed E-state index contributed by atoms with van der Waals surface area (Å²) in [5.74, 6) is -1.29. The minimum atomic E-state index is -1.02. The predicted octanol–water partition coefficient (Wildman–Crippen LogP) is 4.97. The summed E-state index contributed by atoms with van der Waals surface area (Å²) >= 11 is 0. The molecular formula is C28H27N3O3. The van der Waals surface area contributed by atoms with Crippen LogP contribution in [0.1, 0.15) is 35.2 Å². The van der Waals surface area contributed by atoms with E-state index in [4.69, 9.17) is 9.72 Å². The van der Waals surface area contributed by atoms with Crippen LogP contribution in [0.5, 0.6) is 0 Å². The average Bonchev–Trinajstić information content (AvgIpc) is 3.22. The van der Waals surface area contributed by atoms with E-state index >= 15 is 0 Å². The van der Waals surface area contributed by atoms with Crippen molar-refractivity contribution in [3.8, 4) is 0 Å². The van der Waals surface area contributed by atoms with Crippen molar-refractivity contribution in [3.05, 3.63) is 95.1 Å². The first-order valence-electron chi connectivity index (χ1n) is 11.5. The van der Waals surface area contributed by atoms with Gasteiger partial charge in [0.15, 0.2) is 5.92 Å². The number of hydrogen-bond acceptors (Lipinski definition) is 4. The van der Waals surface area contributed by atoms with Crippen LogP contribution in [0.2, 0.25) is 0 Å². The number of aromatic nitrogens is 2. The Bertz CT molecular complexity index is 1360. The average molecular weight is 454 g/mol. The number of imidazole rings is 1. The van der Waals surface area contributed by atoms with Crippen LogP contribution in [-0.4, -0.2) is 28.0 Å². The Balaban J connectivity index is 1.73. The second-order valence-corrected chi connectivity index (χ2v) is 8.77. The maximum atomic E-state index is 14.0. The fraction of sp³-hybridized carbons (Fsp3) is 0.250. The van der Waals surface area contributed by atoms with Gasteiger partial charge in [-0.25, -0.2) is 4.98 Å². The Morgan fingerprint density at radius 3 is 2.26 bits per heavy atom. The Labute approximate surface area is 198 Å². The van der Waals surface area contributed by atoms with Crippen LogP contribution in [0.15, 0.2) is 72.8 Å². The summed E-state index contributed by atoms with van der Waals surface area (Å²) in [5.41, 5.74) is 5.74. The van der Waals surface area contributed by atoms with Crippen LogP contribution in [-0.2, 0) is 20.9 Å². The number of para-hydroxylation sites is 2. The van der Waals surface area contributed by atoms with E-state index in [1.807, 2.05) is 91.2 Å². The summed E-state index contributed by atoms with van der Waals surface area (Å²) in [4.78, 5) is 33.7. The molecule has 2 atom stereocenters. The lowest BCUT2D eigenvalue weighted by Crippen LogP contribution is -2.49. The summed E-state index contributed by atoms with van der Waals surface area (Å²) < 4.78 is 7.45. The van der Waals surface area contributed by atoms with E-state index in [-0.39, 0.29) is 12.5 Å². The van der Waals surface area contributed by atoms with Crippen LogP contribution in [0.4, 0.5) is 5.95 Å². The number of aryl methyl sites for hydroxylation is 2. The molecular weight excluding hydrogens is 426 g/mol. The molecule has 0 spiro atoms. The van der Waals surface area contributed by atoms with Crippen molar-refractivity contribution in [2.24, 2.45) is 5.92 Å². The van der Waals surface area contributed by atoms with Gasteiger partial charge in [0.05, 0.1) is 30.2 Å². The highest BCUT2D eigenvalue weighted by atomic mass is 16.5. The fourth-order valence-electron chi connectivity index (χ4n) is 4.64. The molecule has 6 heteroatoms. The van der Waals surface area contributed by atoms with Crippen molar-refractivity contribution >= 4 is 28.9 Å². The van der Waals surface area contributed by atoms with Gasteiger partial charge in [-0.05, 0) is 44.0 Å². The molecule has 3 aromatic carbocycles. The lowest BCUT2D eigenvalue weighted by Gasteiger charge is -2.38. The van der Waals surface area contributed by atoms with E-state index in [1.165, 1.54) is 0 Å². The zero-order chi connectivity index (χ0) is 23.8. The molecule has 0 saturated carbocycles. The Hall–Kier alpha value is -3.93. The molecule has 0 unspecified atom stereocenters. The molecule has 1 amide bonds. The largest absolute Gasteiger partial charge is 0.465 e. The van der Waals surface area contributed by atoms with Gasteiger partial charge in [-0.15, -0.1) is 0 Å². The molecule has 0 radical (unpaired) electrons. The van der Waals surface area contributed by atoms with E-state index in [1.54, 1.807) is 11.8 Å². The molecule has 172 valence electrons. The SMILES string of the molecule is CCOC(=O)[C@H]1C(=O)N(Cc2ccc(C)cc2)c2nc3ccccc3n2[C@H]1c1ccc(C)cc1. The van der Waals surface area contributed by atoms with E-state index < -0.39 is 17.9 Å². The van der Waals surface area contributed by atoms with Gasteiger partial charge in [0.2, 0.25) is 11.9 Å². The monoisotopic (exact) mass is 453 g/mol. The van der Waals surface area contributed by atoms with E-state index in [9.17, 15) is 9.59 Å². The highest BCUT2D eigenvalue weighted by Crippen LogP contribution is 2.41. The van der Waals surface area contributed by atoms with E-state index in [2.05, 4.69) is 0 Å². The molecule has 0 N–H and O–H groups in total. The predicted molar refractivity (Wildman–Crippen MR) is 132 cm³/mol. The molecule has 5 rings (SSSR count). The van der Waals surface area contributed by atoms with Gasteiger partial charge in [-0.3, -0.25) is 14.5 Å². The van der Waals surface area contributed by atoms with Crippen LogP contribution in [0.3, 0.4) is 0 Å². The first kappa shape index (κ1) is 21.9. The molecule has 2 heterocycles. The van der Waals surface area contributed by atoms with Crippen molar-refractivity contribution in [2.45, 2.75) is 33.4 Å². The molecule has 4 aromatic rings. The van der Waals surface area contributed by atoms with Crippen LogP contribution in [0, 0.1) is 19.8 Å². The van der Waals surface area contributed by atoms with Crippen molar-refractivity contribution in [3.63, 3.8) is 0 Å². The van der Waals surface area contributed by atoms with Crippen LogP contribution in [0.25, 0.3) is 11.0 Å². The summed E-state index contributed by atoms with van der Waals surface area (Å²) in [6, 6.07) is 23.2. The number of carbonyl (C=O) groups excluding carboxylic acids is 2. The van der Waals surface area contributed by atoms with Gasteiger partial charge in [-0.2, -0.15) is 0 Å². The van der Waals surface area contributed by atoms with Gasteiger partial charge in [-0.1, -0.05) is 71.8 Å². The van der Waals surface area contributed by atoms with Gasteiger partial charge in [0, 0.05) is 0 Å². The second-order valence-electron chi connectivity index (χ2n) is 8.77. The van der Waals surface area contributed by atoms with Gasteiger partial charge < -0.3 is 9.30 Å². The molecule has 1 aromatic heterocycles. The number of esters is 1. The van der Waals surface area contributed by atoms with Crippen molar-refractivity contribution in [1.82, 2.24) is 9.55 Å². The molecule has 1 aliphatic rings. The number of hydrogen-bond donors (Lipinski definition) is 0. The lowest BCUT2D eigenvalue weighted by atomic mass is 9.89. The summed E-state index contributed by atoms with van der Waals surface area (Å²) in [6.07, 6.45) is 0. The second kappa shape index (κ2) is 8.78. The van der Waals surface area contributed by atoms with Crippen molar-refractivity contribution in [1.29, 1.82) is 0 Å². The number of carbonyl (C=O) groups is 2. The third-order valence-corrected chi connectivity index (χ3v) is 6.37. The quantitative estimate of drug-likeness (QED) is 0.316. The smallest absolute Gasteiger partial charge is 0.321 e. The number of anilines is 1. The van der Waals surface area contributed by atoms with Crippen LogP contribution < -0.4 is 4.90 Å². The van der Waals surface area contributed by atoms with Gasteiger partial charge in [0.1, 0.15) is 0 Å². The van der Waals surface area contributed by atoms with Crippen molar-refractivity contribution in [2.75, 3.05) is 11.5 Å². The van der Waals surface area contributed by atoms with Crippen molar-refractivity contribution < 1.29 is 14.3 Å². The number of nitrogens with zero attached hydrogens (tertiary/aromatic N) is 3. The highest BCUT2D eigenvalue weighted by molar-refractivity contribution is 6.08. The Kier molecular flexibility index (Phi) is 5.65. The highest BCUT2D eigenvalue weighted by Gasteiger charge is 2.47. The summed E-state index contributed by atoms with van der Waals surface area (Å²) in [6.45, 7) is 6.32. The summed E-state index contributed by atoms with van der Waals surface area (Å²) in [5, 5.41) is 0. The number of ether oxygens (including phenoxy) is 1. The maximum Gasteiger partial charge on any atom is 0.321 e. The minimum absolute atomic E-state index is 0.207. The molecule has 0 bridgehead atoms. The van der Waals surface area contributed by atoms with E-state index in [0.29, 0.717) is 12.5 Å². The number of rotatable bonds is 5. The molecule has 6 nitrogen and oxygen atoms in total. The van der Waals surface area contributed by atoms with Gasteiger partial charge >= 0.3 is 5.97 Å². The molecule has 1 aliphatic heterocycles. The number of fused-ring (bicyclic) bond motifs is 3. The normalized spacial score (nSPS) is 17.6. The fourth-order valence-corrected chi connectivity index (χ4v) is 4.64. The number of amides is 1. The molecule has 0 aliphatic carbocycles. The standard InChI is InChI=1S/C28H27N3O3/c1-4-34-27(33)24-25(21-15-11-19(3)12-16-21)31-23-8-6-5-7-22(23)29-28(31)30(26(24)32)17-20-13-9-18(2)10-14-20/h5-16,24-25H,4,17H2,1-3H3/t24-,25+/m1/s1.